The number of methoxy groups -OCH3 is 1. The third-order valence-electron chi connectivity index (χ3n) is 0.665. The van der Waals surface area contributed by atoms with Crippen molar-refractivity contribution in [2.24, 2.45) is 0 Å². The highest BCUT2D eigenvalue weighted by atomic mass is 32.2. The lowest BCUT2D eigenvalue weighted by atomic mass is 11.0. The van der Waals surface area contributed by atoms with Crippen molar-refractivity contribution in [3.63, 3.8) is 0 Å². The summed E-state index contributed by atoms with van der Waals surface area (Å²) in [5.41, 5.74) is 0. The van der Waals surface area contributed by atoms with Gasteiger partial charge in [-0.1, -0.05) is 24.0 Å². The molecule has 0 aromatic rings. The quantitative estimate of drug-likeness (QED) is 0.449. The van der Waals surface area contributed by atoms with E-state index in [1.165, 1.54) is 11.8 Å². The molecule has 0 radical (unpaired) electrons. The van der Waals surface area contributed by atoms with Crippen LogP contribution in [0.4, 0.5) is 0 Å². The van der Waals surface area contributed by atoms with Gasteiger partial charge in [-0.2, -0.15) is 0 Å². The lowest BCUT2D eigenvalue weighted by Crippen LogP contribution is -2.16. The number of thiocarbonyl (C=S) groups is 1. The van der Waals surface area contributed by atoms with Crippen molar-refractivity contribution in [1.29, 1.82) is 0 Å². The molecule has 9 heavy (non-hydrogen) atoms. The number of hydrogen-bond donors (Lipinski definition) is 0. The zero-order chi connectivity index (χ0) is 7.28. The Labute approximate surface area is 65.6 Å². The molecule has 0 aliphatic rings. The van der Waals surface area contributed by atoms with Crippen molar-refractivity contribution >= 4 is 28.3 Å². The van der Waals surface area contributed by atoms with Crippen LogP contribution in [0.1, 0.15) is 0 Å². The second kappa shape index (κ2) is 5.02. The molecule has 0 spiro atoms. The Bertz CT molecular complexity index is 95.0. The van der Waals surface area contributed by atoms with Gasteiger partial charge in [0.2, 0.25) is 0 Å². The molecule has 54 valence electrons. The molecule has 0 unspecified atom stereocenters. The summed E-state index contributed by atoms with van der Waals surface area (Å²) in [5, 5.41) is 0. The van der Waals surface area contributed by atoms with E-state index >= 15 is 0 Å². The van der Waals surface area contributed by atoms with Crippen LogP contribution in [0, 0.1) is 0 Å². The topological polar surface area (TPSA) is 12.5 Å². The van der Waals surface area contributed by atoms with Gasteiger partial charge in [0, 0.05) is 21.2 Å². The van der Waals surface area contributed by atoms with Crippen LogP contribution in [0.25, 0.3) is 0 Å². The molecule has 0 aromatic heterocycles. The normalized spacial score (nSPS) is 9.22. The maximum absolute atomic E-state index is 4.95. The molecule has 4 heteroatoms. The van der Waals surface area contributed by atoms with E-state index in [0.29, 0.717) is 5.94 Å². The Morgan fingerprint density at radius 3 is 2.56 bits per heavy atom. The Morgan fingerprint density at radius 2 is 2.22 bits per heavy atom. The molecule has 0 saturated carbocycles. The minimum absolute atomic E-state index is 0.636. The van der Waals surface area contributed by atoms with Crippen LogP contribution < -0.4 is 0 Å². The summed E-state index contributed by atoms with van der Waals surface area (Å²) >= 11 is 6.47. The van der Waals surface area contributed by atoms with E-state index in [0.717, 1.165) is 4.32 Å². The largest absolute Gasteiger partial charge is 0.374 e. The molecule has 0 atom stereocenters. The van der Waals surface area contributed by atoms with Gasteiger partial charge < -0.3 is 9.64 Å². The number of hydrogen-bond acceptors (Lipinski definition) is 3. The fourth-order valence-electron chi connectivity index (χ4n) is 0.238. The van der Waals surface area contributed by atoms with Gasteiger partial charge in [-0.05, 0) is 0 Å². The standard InChI is InChI=1S/C5H11NOS2/c1-6(2)5(8)9-4-7-3/h4H2,1-3H3. The molecule has 0 aliphatic heterocycles. The van der Waals surface area contributed by atoms with Crippen LogP contribution in [0.15, 0.2) is 0 Å². The van der Waals surface area contributed by atoms with Crippen molar-refractivity contribution < 1.29 is 4.74 Å². The fraction of sp³-hybridized carbons (Fsp3) is 0.800. The third kappa shape index (κ3) is 4.69. The van der Waals surface area contributed by atoms with Gasteiger partial charge >= 0.3 is 0 Å². The van der Waals surface area contributed by atoms with E-state index < -0.39 is 0 Å². The molecule has 0 aromatic carbocycles. The molecule has 0 saturated heterocycles. The second-order valence-corrected chi connectivity index (χ2v) is 3.27. The number of ether oxygens (including phenoxy) is 1. The average molecular weight is 165 g/mol. The van der Waals surface area contributed by atoms with Crippen molar-refractivity contribution in [2.75, 3.05) is 27.1 Å². The highest BCUT2D eigenvalue weighted by Crippen LogP contribution is 2.04. The summed E-state index contributed by atoms with van der Waals surface area (Å²) in [7, 11) is 5.50. The van der Waals surface area contributed by atoms with Crippen LogP contribution in [0.2, 0.25) is 0 Å². The van der Waals surface area contributed by atoms with Crippen LogP contribution in [0.5, 0.6) is 0 Å². The van der Waals surface area contributed by atoms with Crippen molar-refractivity contribution in [1.82, 2.24) is 4.90 Å². The van der Waals surface area contributed by atoms with Crippen LogP contribution in [-0.4, -0.2) is 36.4 Å². The second-order valence-electron chi connectivity index (χ2n) is 1.71. The summed E-state index contributed by atoms with van der Waals surface area (Å²) in [6.07, 6.45) is 0. The van der Waals surface area contributed by atoms with Gasteiger partial charge in [0.05, 0.1) is 5.94 Å². The van der Waals surface area contributed by atoms with Gasteiger partial charge in [-0.3, -0.25) is 0 Å². The van der Waals surface area contributed by atoms with Gasteiger partial charge in [-0.15, -0.1) is 0 Å². The van der Waals surface area contributed by atoms with Gasteiger partial charge in [0.25, 0.3) is 0 Å². The lowest BCUT2D eigenvalue weighted by molar-refractivity contribution is 0.259. The van der Waals surface area contributed by atoms with Crippen LogP contribution in [-0.2, 0) is 4.74 Å². The molecular formula is C5H11NOS2. The van der Waals surface area contributed by atoms with E-state index in [1.54, 1.807) is 7.11 Å². The Kier molecular flexibility index (Phi) is 5.13. The predicted molar refractivity (Wildman–Crippen MR) is 45.8 cm³/mol. The Balaban J connectivity index is 3.28. The summed E-state index contributed by atoms with van der Waals surface area (Å²) < 4.78 is 5.67. The lowest BCUT2D eigenvalue weighted by Gasteiger charge is -2.11. The average Bonchev–Trinajstić information content (AvgIpc) is 1.82. The summed E-state index contributed by atoms with van der Waals surface area (Å²) in [6, 6.07) is 0. The first-order valence-electron chi connectivity index (χ1n) is 2.51. The van der Waals surface area contributed by atoms with Gasteiger partial charge in [0.1, 0.15) is 4.32 Å². The number of nitrogens with zero attached hydrogens (tertiary/aromatic N) is 1. The molecule has 0 aliphatic carbocycles. The molecule has 0 heterocycles. The zero-order valence-corrected chi connectivity index (χ0v) is 7.51. The van der Waals surface area contributed by atoms with Crippen molar-refractivity contribution in [3.8, 4) is 0 Å². The minimum Gasteiger partial charge on any atom is -0.374 e. The summed E-state index contributed by atoms with van der Waals surface area (Å²) in [6.45, 7) is 0. The van der Waals surface area contributed by atoms with Crippen LogP contribution in [0.3, 0.4) is 0 Å². The summed E-state index contributed by atoms with van der Waals surface area (Å²) in [5.74, 6) is 0.636. The molecular weight excluding hydrogens is 154 g/mol. The van der Waals surface area contributed by atoms with Crippen molar-refractivity contribution in [2.45, 2.75) is 0 Å². The monoisotopic (exact) mass is 165 g/mol. The summed E-state index contributed by atoms with van der Waals surface area (Å²) in [4.78, 5) is 1.89. The van der Waals surface area contributed by atoms with E-state index in [-0.39, 0.29) is 0 Å². The highest BCUT2D eigenvalue weighted by molar-refractivity contribution is 8.22. The maximum Gasteiger partial charge on any atom is 0.138 e. The number of rotatable bonds is 2. The van der Waals surface area contributed by atoms with E-state index in [4.69, 9.17) is 17.0 Å². The minimum atomic E-state index is 0.636. The first-order chi connectivity index (χ1) is 4.18. The van der Waals surface area contributed by atoms with Gasteiger partial charge in [0.15, 0.2) is 0 Å². The van der Waals surface area contributed by atoms with Crippen LogP contribution >= 0.6 is 24.0 Å². The SMILES string of the molecule is COCSC(=S)N(C)C. The van der Waals surface area contributed by atoms with E-state index in [1.807, 2.05) is 19.0 Å². The van der Waals surface area contributed by atoms with Crippen molar-refractivity contribution in [3.05, 3.63) is 0 Å². The van der Waals surface area contributed by atoms with Gasteiger partial charge in [-0.25, -0.2) is 0 Å². The molecule has 2 nitrogen and oxygen atoms in total. The highest BCUT2D eigenvalue weighted by Gasteiger charge is 1.96. The Morgan fingerprint density at radius 1 is 1.67 bits per heavy atom. The molecule has 0 fully saturated rings. The molecule has 0 bridgehead atoms. The van der Waals surface area contributed by atoms with E-state index in [2.05, 4.69) is 0 Å². The zero-order valence-electron chi connectivity index (χ0n) is 5.88. The predicted octanol–water partition coefficient (Wildman–Crippen LogP) is 1.17. The molecule has 0 N–H and O–H groups in total. The first-order valence-corrected chi connectivity index (χ1v) is 3.91. The van der Waals surface area contributed by atoms with E-state index in [9.17, 15) is 0 Å². The maximum atomic E-state index is 4.95. The smallest absolute Gasteiger partial charge is 0.138 e. The molecule has 0 amide bonds. The molecule has 0 rings (SSSR count). The fourth-order valence-corrected chi connectivity index (χ4v) is 0.860. The first kappa shape index (κ1) is 9.20. The third-order valence-corrected chi connectivity index (χ3v) is 2.35. The number of thioether (sulfide) groups is 1. The Hall–Kier alpha value is 0.200.